The monoisotopic (exact) mass is 403 g/mol. The molecule has 0 aliphatic heterocycles. The number of hydrogen-bond donors (Lipinski definition) is 0. The molecular weight excluding hydrogens is 385 g/mol. The van der Waals surface area contributed by atoms with Crippen LogP contribution in [0.15, 0.2) is 53.7 Å². The van der Waals surface area contributed by atoms with Crippen molar-refractivity contribution < 1.29 is 9.13 Å². The van der Waals surface area contributed by atoms with E-state index in [4.69, 9.17) is 16.3 Å². The molecule has 0 radical (unpaired) electrons. The van der Waals surface area contributed by atoms with Crippen LogP contribution in [0.5, 0.6) is 5.75 Å². The Bertz CT molecular complexity index is 927. The molecule has 27 heavy (non-hydrogen) atoms. The third kappa shape index (κ3) is 4.28. The Morgan fingerprint density at radius 1 is 1.19 bits per heavy atom. The fourth-order valence-corrected chi connectivity index (χ4v) is 4.11. The molecule has 4 rings (SSSR count). The molecule has 3 aromatic rings. The lowest BCUT2D eigenvalue weighted by molar-refractivity contribution is 0.288. The minimum absolute atomic E-state index is 0.143. The van der Waals surface area contributed by atoms with Crippen molar-refractivity contribution in [2.45, 2.75) is 42.8 Å². The lowest BCUT2D eigenvalue weighted by atomic mass is 10.2. The molecule has 0 spiro atoms. The van der Waals surface area contributed by atoms with Crippen molar-refractivity contribution in [1.82, 2.24) is 14.8 Å². The van der Waals surface area contributed by atoms with E-state index in [1.54, 1.807) is 17.8 Å². The van der Waals surface area contributed by atoms with Crippen LogP contribution >= 0.6 is 23.4 Å². The highest BCUT2D eigenvalue weighted by molar-refractivity contribution is 7.99. The molecule has 140 valence electrons. The van der Waals surface area contributed by atoms with Gasteiger partial charge in [-0.3, -0.25) is 4.57 Å². The predicted octanol–water partition coefficient (Wildman–Crippen LogP) is 5.84. The Balaban J connectivity index is 1.50. The summed E-state index contributed by atoms with van der Waals surface area (Å²) < 4.78 is 21.2. The molecule has 7 heteroatoms. The quantitative estimate of drug-likeness (QED) is 0.465. The van der Waals surface area contributed by atoms with Gasteiger partial charge in [-0.25, -0.2) is 4.39 Å². The first kappa shape index (κ1) is 18.3. The van der Waals surface area contributed by atoms with Crippen molar-refractivity contribution in [3.8, 4) is 5.75 Å². The van der Waals surface area contributed by atoms with E-state index in [0.29, 0.717) is 23.4 Å². The molecule has 1 aromatic heterocycles. The highest BCUT2D eigenvalue weighted by Gasteiger charge is 2.30. The number of rotatable bonds is 7. The van der Waals surface area contributed by atoms with E-state index >= 15 is 0 Å². The molecule has 1 unspecified atom stereocenters. The van der Waals surface area contributed by atoms with Gasteiger partial charge in [0.2, 0.25) is 0 Å². The molecule has 1 fully saturated rings. The second kappa shape index (κ2) is 7.90. The summed E-state index contributed by atoms with van der Waals surface area (Å²) in [6.07, 6.45) is 2.24. The van der Waals surface area contributed by atoms with E-state index in [-0.39, 0.29) is 11.1 Å². The van der Waals surface area contributed by atoms with Crippen molar-refractivity contribution in [3.05, 3.63) is 70.8 Å². The Kier molecular flexibility index (Phi) is 5.36. The van der Waals surface area contributed by atoms with Crippen molar-refractivity contribution in [1.29, 1.82) is 0 Å². The third-order valence-electron chi connectivity index (χ3n) is 4.46. The topological polar surface area (TPSA) is 39.9 Å². The van der Waals surface area contributed by atoms with Gasteiger partial charge in [0.1, 0.15) is 18.2 Å². The number of hydrogen-bond acceptors (Lipinski definition) is 4. The molecule has 1 aliphatic rings. The van der Waals surface area contributed by atoms with Gasteiger partial charge < -0.3 is 4.74 Å². The highest BCUT2D eigenvalue weighted by Crippen LogP contribution is 2.42. The van der Waals surface area contributed by atoms with Crippen LogP contribution in [0, 0.1) is 5.82 Å². The second-order valence-corrected chi connectivity index (χ2v) is 8.25. The Morgan fingerprint density at radius 2 is 1.93 bits per heavy atom. The number of nitrogens with zero attached hydrogens (tertiary/aromatic N) is 3. The van der Waals surface area contributed by atoms with Gasteiger partial charge in [-0.1, -0.05) is 47.6 Å². The molecule has 0 saturated heterocycles. The number of thioether (sulfide) groups is 1. The molecule has 1 aliphatic carbocycles. The Morgan fingerprint density at radius 3 is 2.63 bits per heavy atom. The third-order valence-corrected chi connectivity index (χ3v) is 5.89. The van der Waals surface area contributed by atoms with Crippen LogP contribution in [0.1, 0.15) is 42.4 Å². The molecule has 4 nitrogen and oxygen atoms in total. The van der Waals surface area contributed by atoms with Crippen LogP contribution in [0.3, 0.4) is 0 Å². The minimum atomic E-state index is -0.226. The first-order valence-electron chi connectivity index (χ1n) is 8.85. The van der Waals surface area contributed by atoms with Crippen LogP contribution in [0.25, 0.3) is 0 Å². The van der Waals surface area contributed by atoms with Gasteiger partial charge in [-0.2, -0.15) is 0 Å². The summed E-state index contributed by atoms with van der Waals surface area (Å²) in [5, 5.41) is 10.3. The Labute approximate surface area is 166 Å². The van der Waals surface area contributed by atoms with E-state index in [1.165, 1.54) is 12.1 Å². The van der Waals surface area contributed by atoms with E-state index < -0.39 is 0 Å². The molecule has 1 atom stereocenters. The van der Waals surface area contributed by atoms with Crippen LogP contribution < -0.4 is 4.74 Å². The first-order valence-corrected chi connectivity index (χ1v) is 10.1. The summed E-state index contributed by atoms with van der Waals surface area (Å²) >= 11 is 7.79. The molecule has 0 amide bonds. The molecule has 0 N–H and O–H groups in total. The number of ether oxygens (including phenoxy) is 1. The van der Waals surface area contributed by atoms with Gasteiger partial charge >= 0.3 is 0 Å². The van der Waals surface area contributed by atoms with E-state index in [2.05, 4.69) is 21.7 Å². The number of para-hydroxylation sites is 1. The average molecular weight is 404 g/mol. The summed E-state index contributed by atoms with van der Waals surface area (Å²) in [7, 11) is 0. The second-order valence-electron chi connectivity index (χ2n) is 6.53. The van der Waals surface area contributed by atoms with Crippen LogP contribution in [-0.2, 0) is 6.61 Å². The minimum Gasteiger partial charge on any atom is -0.484 e. The van der Waals surface area contributed by atoms with Crippen LogP contribution in [0.4, 0.5) is 4.39 Å². The molecule has 1 saturated carbocycles. The van der Waals surface area contributed by atoms with Gasteiger partial charge in [0.05, 0.1) is 5.02 Å². The van der Waals surface area contributed by atoms with Crippen molar-refractivity contribution in [2.24, 2.45) is 0 Å². The van der Waals surface area contributed by atoms with E-state index in [1.807, 2.05) is 30.3 Å². The summed E-state index contributed by atoms with van der Waals surface area (Å²) in [6, 6.07) is 14.4. The summed E-state index contributed by atoms with van der Waals surface area (Å²) in [6.45, 7) is 2.41. The maximum absolute atomic E-state index is 13.2. The van der Waals surface area contributed by atoms with Gasteiger partial charge in [-0.05, 0) is 49.6 Å². The van der Waals surface area contributed by atoms with Crippen LogP contribution in [-0.4, -0.2) is 14.8 Å². The molecule has 0 bridgehead atoms. The zero-order valence-corrected chi connectivity index (χ0v) is 16.4. The van der Waals surface area contributed by atoms with Gasteiger partial charge in [0.25, 0.3) is 0 Å². The molecule has 1 heterocycles. The highest BCUT2D eigenvalue weighted by atomic mass is 35.5. The Hall–Kier alpha value is -2.05. The molecule has 2 aromatic carbocycles. The molecular formula is C20H19ClFN3OS. The zero-order valence-electron chi connectivity index (χ0n) is 14.8. The summed E-state index contributed by atoms with van der Waals surface area (Å²) in [5.41, 5.74) is 1.06. The normalized spacial score (nSPS) is 14.9. The largest absolute Gasteiger partial charge is 0.484 e. The van der Waals surface area contributed by atoms with E-state index in [9.17, 15) is 4.39 Å². The standard InChI is InChI=1S/C20H19ClFN3OS/c1-13(14-6-8-15(22)9-7-14)27-20-24-23-19(25(20)16-10-11-16)12-26-18-5-3-2-4-17(18)21/h2-9,13,16H,10-12H2,1H3. The average Bonchev–Trinajstić information content (AvgIpc) is 3.43. The number of aromatic nitrogens is 3. The maximum atomic E-state index is 13.2. The van der Waals surface area contributed by atoms with E-state index in [0.717, 1.165) is 29.4 Å². The SMILES string of the molecule is CC(Sc1nnc(COc2ccccc2Cl)n1C1CC1)c1ccc(F)cc1. The summed E-state index contributed by atoms with van der Waals surface area (Å²) in [4.78, 5) is 0. The lowest BCUT2D eigenvalue weighted by Gasteiger charge is -2.14. The number of benzene rings is 2. The lowest BCUT2D eigenvalue weighted by Crippen LogP contribution is -2.07. The van der Waals surface area contributed by atoms with Gasteiger partial charge in [0.15, 0.2) is 11.0 Å². The van der Waals surface area contributed by atoms with Gasteiger partial charge in [-0.15, -0.1) is 10.2 Å². The van der Waals surface area contributed by atoms with Crippen molar-refractivity contribution in [3.63, 3.8) is 0 Å². The first-order chi connectivity index (χ1) is 13.1. The maximum Gasteiger partial charge on any atom is 0.192 e. The van der Waals surface area contributed by atoms with Gasteiger partial charge in [0, 0.05) is 11.3 Å². The number of halogens is 2. The van der Waals surface area contributed by atoms with Crippen molar-refractivity contribution >= 4 is 23.4 Å². The fraction of sp³-hybridized carbons (Fsp3) is 0.300. The smallest absolute Gasteiger partial charge is 0.192 e. The fourth-order valence-electron chi connectivity index (χ4n) is 2.85. The van der Waals surface area contributed by atoms with Crippen molar-refractivity contribution in [2.75, 3.05) is 0 Å². The summed E-state index contributed by atoms with van der Waals surface area (Å²) in [5.74, 6) is 1.21. The predicted molar refractivity (Wildman–Crippen MR) is 105 cm³/mol. The van der Waals surface area contributed by atoms with Crippen LogP contribution in [0.2, 0.25) is 5.02 Å². The zero-order chi connectivity index (χ0) is 18.8.